The summed E-state index contributed by atoms with van der Waals surface area (Å²) in [6.07, 6.45) is 5.34. The van der Waals surface area contributed by atoms with Crippen LogP contribution in [0.5, 0.6) is 0 Å². The largest absolute Gasteiger partial charge is 0.308 e. The van der Waals surface area contributed by atoms with Crippen LogP contribution >= 0.6 is 0 Å². The zero-order chi connectivity index (χ0) is 14.7. The number of anilines is 1. The molecule has 0 amide bonds. The second-order valence-electron chi connectivity index (χ2n) is 5.53. The molecule has 0 atom stereocenters. The zero-order valence-corrected chi connectivity index (χ0v) is 11.8. The van der Waals surface area contributed by atoms with Crippen molar-refractivity contribution in [2.75, 3.05) is 5.43 Å². The van der Waals surface area contributed by atoms with Crippen LogP contribution in [0, 0.1) is 5.82 Å². The second-order valence-corrected chi connectivity index (χ2v) is 5.53. The maximum absolute atomic E-state index is 13.3. The molecule has 2 aromatic rings. The van der Waals surface area contributed by atoms with E-state index < -0.39 is 0 Å². The third-order valence-electron chi connectivity index (χ3n) is 3.96. The van der Waals surface area contributed by atoms with Crippen LogP contribution in [-0.2, 0) is 6.42 Å². The molecule has 1 aromatic heterocycles. The van der Waals surface area contributed by atoms with Crippen molar-refractivity contribution in [1.29, 1.82) is 0 Å². The predicted octanol–water partition coefficient (Wildman–Crippen LogP) is 3.15. The van der Waals surface area contributed by atoms with Gasteiger partial charge in [-0.05, 0) is 30.5 Å². The van der Waals surface area contributed by atoms with E-state index in [1.807, 2.05) is 12.1 Å². The summed E-state index contributed by atoms with van der Waals surface area (Å²) in [5, 5.41) is 0. The van der Waals surface area contributed by atoms with Crippen LogP contribution in [0.4, 0.5) is 10.2 Å². The Labute approximate surface area is 123 Å². The molecule has 5 heteroatoms. The number of nitrogens with zero attached hydrogens (tertiary/aromatic N) is 2. The van der Waals surface area contributed by atoms with Gasteiger partial charge in [-0.2, -0.15) is 0 Å². The summed E-state index contributed by atoms with van der Waals surface area (Å²) in [7, 11) is 0. The molecule has 1 aliphatic carbocycles. The van der Waals surface area contributed by atoms with E-state index in [4.69, 9.17) is 5.84 Å². The van der Waals surface area contributed by atoms with E-state index in [9.17, 15) is 4.39 Å². The number of nitrogen functional groups attached to an aromatic ring is 1. The molecule has 1 fully saturated rings. The maximum Gasteiger partial charge on any atom is 0.143 e. The highest BCUT2D eigenvalue weighted by atomic mass is 19.1. The Balaban J connectivity index is 1.88. The van der Waals surface area contributed by atoms with Gasteiger partial charge in [0.15, 0.2) is 0 Å². The third-order valence-corrected chi connectivity index (χ3v) is 3.96. The third kappa shape index (κ3) is 3.36. The van der Waals surface area contributed by atoms with Crippen molar-refractivity contribution in [3.05, 3.63) is 53.2 Å². The van der Waals surface area contributed by atoms with E-state index in [1.54, 1.807) is 6.07 Å². The summed E-state index contributed by atoms with van der Waals surface area (Å²) in [5.74, 6) is 7.06. The lowest BCUT2D eigenvalue weighted by atomic mass is 10.0. The van der Waals surface area contributed by atoms with Crippen LogP contribution < -0.4 is 11.3 Å². The van der Waals surface area contributed by atoms with Gasteiger partial charge in [-0.1, -0.05) is 25.0 Å². The van der Waals surface area contributed by atoms with Gasteiger partial charge in [-0.15, -0.1) is 0 Å². The second kappa shape index (κ2) is 6.18. The van der Waals surface area contributed by atoms with Crippen LogP contribution in [0.2, 0.25) is 0 Å². The van der Waals surface area contributed by atoms with Crippen LogP contribution in [0.25, 0.3) is 0 Å². The molecule has 0 bridgehead atoms. The highest BCUT2D eigenvalue weighted by Crippen LogP contribution is 2.33. The van der Waals surface area contributed by atoms with E-state index in [0.717, 1.165) is 11.3 Å². The minimum Gasteiger partial charge on any atom is -0.308 e. The number of nitrogens with two attached hydrogens (primary N) is 1. The van der Waals surface area contributed by atoms with Gasteiger partial charge in [0.2, 0.25) is 0 Å². The molecular weight excluding hydrogens is 267 g/mol. The number of hydrazine groups is 1. The van der Waals surface area contributed by atoms with Gasteiger partial charge < -0.3 is 5.43 Å². The van der Waals surface area contributed by atoms with Gasteiger partial charge in [0.05, 0.1) is 0 Å². The minimum absolute atomic E-state index is 0.239. The van der Waals surface area contributed by atoms with E-state index in [1.165, 1.54) is 37.8 Å². The number of halogens is 1. The Bertz CT molecular complexity index is 623. The summed E-state index contributed by atoms with van der Waals surface area (Å²) in [6, 6.07) is 8.45. The average Bonchev–Trinajstić information content (AvgIpc) is 3.01. The Morgan fingerprint density at radius 1 is 1.19 bits per heavy atom. The fourth-order valence-electron chi connectivity index (χ4n) is 2.93. The monoisotopic (exact) mass is 286 g/mol. The quantitative estimate of drug-likeness (QED) is 0.669. The molecular formula is C16H19FN4. The van der Waals surface area contributed by atoms with Gasteiger partial charge in [0.25, 0.3) is 0 Å². The lowest BCUT2D eigenvalue weighted by Crippen LogP contribution is -2.13. The van der Waals surface area contributed by atoms with Crippen molar-refractivity contribution in [3.63, 3.8) is 0 Å². The van der Waals surface area contributed by atoms with Gasteiger partial charge in [0, 0.05) is 24.1 Å². The van der Waals surface area contributed by atoms with E-state index in [2.05, 4.69) is 15.4 Å². The predicted molar refractivity (Wildman–Crippen MR) is 80.3 cm³/mol. The number of benzene rings is 1. The zero-order valence-electron chi connectivity index (χ0n) is 11.8. The first-order valence-corrected chi connectivity index (χ1v) is 7.33. The summed E-state index contributed by atoms with van der Waals surface area (Å²) in [6.45, 7) is 0. The molecule has 1 aliphatic rings. The van der Waals surface area contributed by atoms with Gasteiger partial charge in [-0.25, -0.2) is 20.2 Å². The van der Waals surface area contributed by atoms with Crippen molar-refractivity contribution in [2.45, 2.75) is 38.0 Å². The number of aromatic nitrogens is 2. The van der Waals surface area contributed by atoms with Gasteiger partial charge in [0.1, 0.15) is 17.5 Å². The molecule has 110 valence electrons. The molecule has 0 aliphatic heterocycles. The fourth-order valence-corrected chi connectivity index (χ4v) is 2.93. The Morgan fingerprint density at radius 3 is 2.71 bits per heavy atom. The number of hydrogen-bond acceptors (Lipinski definition) is 4. The van der Waals surface area contributed by atoms with Gasteiger partial charge in [-0.3, -0.25) is 0 Å². The molecule has 21 heavy (non-hydrogen) atoms. The molecule has 4 nitrogen and oxygen atoms in total. The first kappa shape index (κ1) is 13.9. The molecule has 0 unspecified atom stereocenters. The molecule has 3 N–H and O–H groups in total. The molecule has 0 saturated heterocycles. The van der Waals surface area contributed by atoms with Crippen LogP contribution in [0.1, 0.15) is 48.7 Å². The van der Waals surface area contributed by atoms with Crippen molar-refractivity contribution >= 4 is 5.82 Å². The van der Waals surface area contributed by atoms with Crippen molar-refractivity contribution in [2.24, 2.45) is 5.84 Å². The van der Waals surface area contributed by atoms with Crippen molar-refractivity contribution < 1.29 is 4.39 Å². The number of nitrogens with one attached hydrogen (secondary N) is 1. The highest BCUT2D eigenvalue weighted by molar-refractivity contribution is 5.36. The molecule has 1 aromatic carbocycles. The highest BCUT2D eigenvalue weighted by Gasteiger charge is 2.20. The standard InChI is InChI=1S/C16H19FN4/c17-13-7-3-4-11(8-13)9-15-19-14(10-16(20-15)21-18)12-5-1-2-6-12/h3-4,7-8,10,12H,1-2,5-6,9,18H2,(H,19,20,21). The Kier molecular flexibility index (Phi) is 4.10. The van der Waals surface area contributed by atoms with Crippen LogP contribution in [0.15, 0.2) is 30.3 Å². The Hall–Kier alpha value is -2.01. The topological polar surface area (TPSA) is 63.8 Å². The molecule has 0 radical (unpaired) electrons. The first-order valence-electron chi connectivity index (χ1n) is 7.33. The maximum atomic E-state index is 13.3. The SMILES string of the molecule is NNc1cc(C2CCCC2)nc(Cc2cccc(F)c2)n1. The first-order chi connectivity index (χ1) is 10.2. The lowest BCUT2D eigenvalue weighted by Gasteiger charge is -2.12. The average molecular weight is 286 g/mol. The molecule has 3 rings (SSSR count). The lowest BCUT2D eigenvalue weighted by molar-refractivity contribution is 0.625. The van der Waals surface area contributed by atoms with Crippen LogP contribution in [-0.4, -0.2) is 9.97 Å². The normalized spacial score (nSPS) is 15.3. The van der Waals surface area contributed by atoms with Gasteiger partial charge >= 0.3 is 0 Å². The van der Waals surface area contributed by atoms with E-state index >= 15 is 0 Å². The summed E-state index contributed by atoms with van der Waals surface area (Å²) >= 11 is 0. The van der Waals surface area contributed by atoms with Crippen LogP contribution in [0.3, 0.4) is 0 Å². The van der Waals surface area contributed by atoms with E-state index in [0.29, 0.717) is 24.0 Å². The summed E-state index contributed by atoms with van der Waals surface area (Å²) in [5.41, 5.74) is 4.51. The van der Waals surface area contributed by atoms with Crippen molar-refractivity contribution in [3.8, 4) is 0 Å². The minimum atomic E-state index is -0.239. The summed E-state index contributed by atoms with van der Waals surface area (Å²) < 4.78 is 13.3. The fraction of sp³-hybridized carbons (Fsp3) is 0.375. The number of hydrogen-bond donors (Lipinski definition) is 2. The number of rotatable bonds is 4. The molecule has 0 spiro atoms. The summed E-state index contributed by atoms with van der Waals surface area (Å²) in [4.78, 5) is 9.04. The molecule has 1 heterocycles. The smallest absolute Gasteiger partial charge is 0.143 e. The molecule has 1 saturated carbocycles. The van der Waals surface area contributed by atoms with E-state index in [-0.39, 0.29) is 5.82 Å². The Morgan fingerprint density at radius 2 is 2.00 bits per heavy atom. The van der Waals surface area contributed by atoms with Crippen molar-refractivity contribution in [1.82, 2.24) is 9.97 Å².